The normalized spacial score (nSPS) is 19.0. The molecule has 2 aromatic rings. The molecule has 0 unspecified atom stereocenters. The van der Waals surface area contributed by atoms with Gasteiger partial charge in [0.2, 0.25) is 0 Å². The van der Waals surface area contributed by atoms with Crippen molar-refractivity contribution in [1.29, 1.82) is 0 Å². The van der Waals surface area contributed by atoms with Crippen LogP contribution in [0.5, 0.6) is 0 Å². The van der Waals surface area contributed by atoms with Gasteiger partial charge < -0.3 is 0 Å². The first-order chi connectivity index (χ1) is 14.4. The molecule has 0 spiro atoms. The lowest BCUT2D eigenvalue weighted by Crippen LogP contribution is -2.22. The third-order valence-electron chi connectivity index (χ3n) is 7.75. The maximum atomic E-state index is 2.57. The van der Waals surface area contributed by atoms with Crippen molar-refractivity contribution in [3.05, 3.63) is 64.7 Å². The molecule has 2 aliphatic rings. The molecular weight excluding hydrogens is 360 g/mol. The maximum Gasteiger partial charge on any atom is -0.00574 e. The molecule has 2 aliphatic carbocycles. The van der Waals surface area contributed by atoms with Crippen LogP contribution in [0, 0.1) is 5.41 Å². The summed E-state index contributed by atoms with van der Waals surface area (Å²) in [4.78, 5) is 0. The standard InChI is InChI=1S/C30H40/c1-5-30(18-11-7-6-8-12-19-30)22-23-20-24-14-13-16-25(27(24)21-23)26-15-9-10-17-28(26)29(2,3)4/h9-10,13-17,21H,5-8,11-12,18-20,22H2,1-4H3. The molecule has 0 atom stereocenters. The first kappa shape index (κ1) is 21.4. The summed E-state index contributed by atoms with van der Waals surface area (Å²) in [6, 6.07) is 16.0. The van der Waals surface area contributed by atoms with Gasteiger partial charge in [-0.3, -0.25) is 0 Å². The van der Waals surface area contributed by atoms with Crippen LogP contribution < -0.4 is 0 Å². The lowest BCUT2D eigenvalue weighted by molar-refractivity contribution is 0.198. The van der Waals surface area contributed by atoms with Gasteiger partial charge in [0.15, 0.2) is 0 Å². The van der Waals surface area contributed by atoms with Gasteiger partial charge in [0.05, 0.1) is 0 Å². The number of benzene rings is 2. The van der Waals surface area contributed by atoms with Crippen molar-refractivity contribution in [2.75, 3.05) is 0 Å². The summed E-state index contributed by atoms with van der Waals surface area (Å²) in [5.74, 6) is 0. The Balaban J connectivity index is 1.67. The van der Waals surface area contributed by atoms with Gasteiger partial charge >= 0.3 is 0 Å². The molecule has 160 valence electrons. The minimum Gasteiger partial charge on any atom is -0.0648 e. The molecule has 4 rings (SSSR count). The molecule has 0 radical (unpaired) electrons. The lowest BCUT2D eigenvalue weighted by atomic mass is 9.70. The summed E-state index contributed by atoms with van der Waals surface area (Å²) in [5, 5.41) is 0. The molecule has 0 heteroatoms. The van der Waals surface area contributed by atoms with Crippen LogP contribution in [0.25, 0.3) is 17.2 Å². The van der Waals surface area contributed by atoms with E-state index in [1.54, 1.807) is 5.57 Å². The molecule has 0 aliphatic heterocycles. The topological polar surface area (TPSA) is 0 Å². The number of hydrogen-bond donors (Lipinski definition) is 0. The molecule has 0 heterocycles. The van der Waals surface area contributed by atoms with E-state index in [1.807, 2.05) is 0 Å². The van der Waals surface area contributed by atoms with E-state index in [0.29, 0.717) is 5.41 Å². The van der Waals surface area contributed by atoms with Crippen molar-refractivity contribution in [3.8, 4) is 11.1 Å². The van der Waals surface area contributed by atoms with Crippen LogP contribution in [0.15, 0.2) is 48.0 Å². The van der Waals surface area contributed by atoms with E-state index in [-0.39, 0.29) is 5.41 Å². The van der Waals surface area contributed by atoms with Gasteiger partial charge in [-0.05, 0) is 64.3 Å². The molecule has 0 bridgehead atoms. The Bertz CT molecular complexity index is 898. The molecule has 0 N–H and O–H groups in total. The van der Waals surface area contributed by atoms with Gasteiger partial charge in [0.25, 0.3) is 0 Å². The second-order valence-corrected chi connectivity index (χ2v) is 11.0. The smallest absolute Gasteiger partial charge is 0.00574 e. The third-order valence-corrected chi connectivity index (χ3v) is 7.75. The SMILES string of the molecule is CCC1(CC2=Cc3c(cccc3-c3ccccc3C(C)(C)C)C2)CCCCCCC1. The maximum absolute atomic E-state index is 2.57. The molecular formula is C30H40. The van der Waals surface area contributed by atoms with E-state index in [9.17, 15) is 0 Å². The number of hydrogen-bond acceptors (Lipinski definition) is 0. The van der Waals surface area contributed by atoms with Gasteiger partial charge in [-0.1, -0.05) is 120 Å². The van der Waals surface area contributed by atoms with Gasteiger partial charge in [-0.25, -0.2) is 0 Å². The molecule has 0 amide bonds. The summed E-state index contributed by atoms with van der Waals surface area (Å²) in [6.07, 6.45) is 16.4. The predicted octanol–water partition coefficient (Wildman–Crippen LogP) is 9.12. The second kappa shape index (κ2) is 8.74. The van der Waals surface area contributed by atoms with Gasteiger partial charge in [-0.15, -0.1) is 0 Å². The van der Waals surface area contributed by atoms with Crippen molar-refractivity contribution in [3.63, 3.8) is 0 Å². The highest BCUT2D eigenvalue weighted by Gasteiger charge is 2.31. The van der Waals surface area contributed by atoms with Crippen molar-refractivity contribution in [2.24, 2.45) is 5.41 Å². The van der Waals surface area contributed by atoms with Gasteiger partial charge in [0.1, 0.15) is 0 Å². The van der Waals surface area contributed by atoms with Crippen molar-refractivity contribution in [1.82, 2.24) is 0 Å². The van der Waals surface area contributed by atoms with E-state index in [1.165, 1.54) is 85.6 Å². The average Bonchev–Trinajstić information content (AvgIpc) is 3.12. The predicted molar refractivity (Wildman–Crippen MR) is 132 cm³/mol. The summed E-state index contributed by atoms with van der Waals surface area (Å²) in [5.41, 5.74) is 9.67. The number of rotatable bonds is 4. The van der Waals surface area contributed by atoms with Crippen LogP contribution in [0.4, 0.5) is 0 Å². The van der Waals surface area contributed by atoms with Crippen LogP contribution in [-0.4, -0.2) is 0 Å². The fraction of sp³-hybridized carbons (Fsp3) is 0.533. The minimum absolute atomic E-state index is 0.148. The number of allylic oxidation sites excluding steroid dienone is 1. The highest BCUT2D eigenvalue weighted by atomic mass is 14.4. The Morgan fingerprint density at radius 1 is 0.800 bits per heavy atom. The van der Waals surface area contributed by atoms with Crippen LogP contribution in [0.1, 0.15) is 102 Å². The molecule has 1 saturated carbocycles. The molecule has 2 aromatic carbocycles. The van der Waals surface area contributed by atoms with Crippen LogP contribution in [-0.2, 0) is 11.8 Å². The van der Waals surface area contributed by atoms with Crippen LogP contribution >= 0.6 is 0 Å². The Morgan fingerprint density at radius 3 is 2.17 bits per heavy atom. The second-order valence-electron chi connectivity index (χ2n) is 11.0. The van der Waals surface area contributed by atoms with E-state index < -0.39 is 0 Å². The summed E-state index contributed by atoms with van der Waals surface area (Å²) in [6.45, 7) is 9.43. The minimum atomic E-state index is 0.148. The quantitative estimate of drug-likeness (QED) is 0.480. The molecule has 0 nitrogen and oxygen atoms in total. The Kier molecular flexibility index (Phi) is 6.24. The Labute approximate surface area is 184 Å². The van der Waals surface area contributed by atoms with Crippen molar-refractivity contribution < 1.29 is 0 Å². The van der Waals surface area contributed by atoms with Crippen LogP contribution in [0.2, 0.25) is 0 Å². The highest BCUT2D eigenvalue weighted by molar-refractivity contribution is 5.82. The molecule has 0 saturated heterocycles. The van der Waals surface area contributed by atoms with E-state index in [0.717, 1.165) is 6.42 Å². The zero-order chi connectivity index (χ0) is 21.2. The van der Waals surface area contributed by atoms with Crippen molar-refractivity contribution >= 4 is 6.08 Å². The summed E-state index contributed by atoms with van der Waals surface area (Å²) in [7, 11) is 0. The Hall–Kier alpha value is -1.82. The van der Waals surface area contributed by atoms with Crippen LogP contribution in [0.3, 0.4) is 0 Å². The largest absolute Gasteiger partial charge is 0.0648 e. The first-order valence-corrected chi connectivity index (χ1v) is 12.3. The van der Waals surface area contributed by atoms with Crippen molar-refractivity contribution in [2.45, 2.75) is 97.3 Å². The lowest BCUT2D eigenvalue weighted by Gasteiger charge is -2.35. The van der Waals surface area contributed by atoms with Gasteiger partial charge in [-0.2, -0.15) is 0 Å². The zero-order valence-corrected chi connectivity index (χ0v) is 19.7. The monoisotopic (exact) mass is 400 g/mol. The molecule has 1 fully saturated rings. The fourth-order valence-corrected chi connectivity index (χ4v) is 5.95. The average molecular weight is 401 g/mol. The fourth-order valence-electron chi connectivity index (χ4n) is 5.95. The third kappa shape index (κ3) is 4.43. The summed E-state index contributed by atoms with van der Waals surface area (Å²) < 4.78 is 0. The first-order valence-electron chi connectivity index (χ1n) is 12.3. The molecule has 0 aromatic heterocycles. The number of fused-ring (bicyclic) bond motifs is 1. The van der Waals surface area contributed by atoms with E-state index >= 15 is 0 Å². The molecule has 30 heavy (non-hydrogen) atoms. The van der Waals surface area contributed by atoms with E-state index in [2.05, 4.69) is 76.2 Å². The van der Waals surface area contributed by atoms with E-state index in [4.69, 9.17) is 0 Å². The summed E-state index contributed by atoms with van der Waals surface area (Å²) >= 11 is 0. The highest BCUT2D eigenvalue weighted by Crippen LogP contribution is 2.46. The van der Waals surface area contributed by atoms with Gasteiger partial charge in [0, 0.05) is 0 Å². The zero-order valence-electron chi connectivity index (χ0n) is 19.7. The Morgan fingerprint density at radius 2 is 1.47 bits per heavy atom.